The van der Waals surface area contributed by atoms with E-state index in [1.54, 1.807) is 20.8 Å². The van der Waals surface area contributed by atoms with E-state index in [1.807, 2.05) is 0 Å². The van der Waals surface area contributed by atoms with E-state index in [9.17, 15) is 13.2 Å². The molecule has 20 heavy (non-hydrogen) atoms. The summed E-state index contributed by atoms with van der Waals surface area (Å²) in [5.74, 6) is -0.490. The van der Waals surface area contributed by atoms with Gasteiger partial charge in [0.05, 0.1) is 9.64 Å². The van der Waals surface area contributed by atoms with E-state index < -0.39 is 20.4 Å². The van der Waals surface area contributed by atoms with E-state index in [-0.39, 0.29) is 16.2 Å². The number of Topliss-reactive ketones (excluding diaryl/α,β-unsaturated/α-hetero) is 1. The van der Waals surface area contributed by atoms with Gasteiger partial charge in [-0.2, -0.15) is 4.79 Å². The van der Waals surface area contributed by atoms with Crippen LogP contribution in [-0.2, 0) is 9.84 Å². The lowest BCUT2D eigenvalue weighted by Gasteiger charge is -2.22. The zero-order valence-electron chi connectivity index (χ0n) is 11.4. The normalized spacial score (nSPS) is 14.9. The number of ketones is 1. The average Bonchev–Trinajstić information content (AvgIpc) is 2.37. The molecule has 1 aliphatic rings. The van der Waals surface area contributed by atoms with Crippen molar-refractivity contribution in [3.63, 3.8) is 0 Å². The smallest absolute Gasteiger partial charge is 0.361 e. The molecule has 0 atom stereocenters. The van der Waals surface area contributed by atoms with Crippen LogP contribution < -0.4 is 0 Å². The van der Waals surface area contributed by atoms with E-state index in [4.69, 9.17) is 5.53 Å². The highest BCUT2D eigenvalue weighted by molar-refractivity contribution is 7.92. The van der Waals surface area contributed by atoms with Gasteiger partial charge < -0.3 is 5.53 Å². The Morgan fingerprint density at radius 3 is 2.35 bits per heavy atom. The van der Waals surface area contributed by atoms with E-state index in [2.05, 4.69) is 4.79 Å². The molecule has 0 N–H and O–H groups in total. The van der Waals surface area contributed by atoms with Crippen LogP contribution in [0.2, 0.25) is 0 Å². The van der Waals surface area contributed by atoms with Crippen LogP contribution in [0.1, 0.15) is 36.7 Å². The number of rotatable bonds is 1. The summed E-state index contributed by atoms with van der Waals surface area (Å²) in [6.45, 7) is 4.82. The van der Waals surface area contributed by atoms with E-state index in [1.165, 1.54) is 30.4 Å². The van der Waals surface area contributed by atoms with Crippen molar-refractivity contribution < 1.29 is 18.0 Å². The SMILES string of the molecule is CC(C)(C)S(=O)(=O)c1cccc2c1C=CC(=[N+]=[N-])C2=O. The molecule has 1 aromatic carbocycles. The largest absolute Gasteiger partial charge is 0.362 e. The van der Waals surface area contributed by atoms with Crippen LogP contribution in [0.5, 0.6) is 0 Å². The third-order valence-corrected chi connectivity index (χ3v) is 5.70. The Morgan fingerprint density at radius 1 is 1.15 bits per heavy atom. The summed E-state index contributed by atoms with van der Waals surface area (Å²) in [6, 6.07) is 4.52. The Balaban J connectivity index is 2.78. The fourth-order valence-electron chi connectivity index (χ4n) is 1.93. The molecule has 5 nitrogen and oxygen atoms in total. The molecule has 0 bridgehead atoms. The first-order valence-corrected chi connectivity index (χ1v) is 7.51. The van der Waals surface area contributed by atoms with Crippen LogP contribution in [0.4, 0.5) is 0 Å². The molecule has 0 heterocycles. The third-order valence-electron chi connectivity index (χ3n) is 3.15. The van der Waals surface area contributed by atoms with Crippen molar-refractivity contribution in [2.45, 2.75) is 30.4 Å². The lowest BCUT2D eigenvalue weighted by Crippen LogP contribution is -2.29. The van der Waals surface area contributed by atoms with Gasteiger partial charge in [-0.05, 0) is 32.9 Å². The van der Waals surface area contributed by atoms with Gasteiger partial charge in [0.2, 0.25) is 0 Å². The topological polar surface area (TPSA) is 87.6 Å². The van der Waals surface area contributed by atoms with Gasteiger partial charge in [-0.3, -0.25) is 4.79 Å². The molecule has 0 fully saturated rings. The van der Waals surface area contributed by atoms with Crippen LogP contribution in [0.3, 0.4) is 0 Å². The summed E-state index contributed by atoms with van der Waals surface area (Å²) < 4.78 is 24.1. The quantitative estimate of drug-likeness (QED) is 0.586. The highest BCUT2D eigenvalue weighted by Crippen LogP contribution is 2.31. The molecule has 104 valence electrons. The second-order valence-corrected chi connectivity index (χ2v) is 8.15. The minimum absolute atomic E-state index is 0.109. The van der Waals surface area contributed by atoms with Crippen molar-refractivity contribution in [2.24, 2.45) is 0 Å². The molecule has 0 aromatic heterocycles. The molecule has 0 unspecified atom stereocenters. The number of hydrogen-bond acceptors (Lipinski definition) is 3. The molecular weight excluding hydrogens is 276 g/mol. The van der Waals surface area contributed by atoms with Crippen LogP contribution in [0.15, 0.2) is 29.2 Å². The molecule has 2 rings (SSSR count). The molecule has 6 heteroatoms. The summed E-state index contributed by atoms with van der Waals surface area (Å²) in [5, 5.41) is 0. The minimum Gasteiger partial charge on any atom is -0.361 e. The maximum absolute atomic E-state index is 12.6. The lowest BCUT2D eigenvalue weighted by molar-refractivity contribution is -0.00436. The Bertz CT molecular complexity index is 777. The standard InChI is InChI=1S/C14H14N2O3S/c1-14(2,3)20(18,19)12-6-4-5-10-9(12)7-8-11(16-15)13(10)17/h4-8H,1-3H3. The Labute approximate surface area is 117 Å². The van der Waals surface area contributed by atoms with Gasteiger partial charge in [0.25, 0.3) is 5.78 Å². The summed E-state index contributed by atoms with van der Waals surface area (Å²) in [4.78, 5) is 15.1. The van der Waals surface area contributed by atoms with Gasteiger partial charge in [-0.25, -0.2) is 8.42 Å². The van der Waals surface area contributed by atoms with Crippen LogP contribution in [-0.4, -0.2) is 29.4 Å². The minimum atomic E-state index is -3.57. The Hall–Kier alpha value is -2.04. The number of nitrogens with zero attached hydrogens (tertiary/aromatic N) is 2. The van der Waals surface area contributed by atoms with Crippen molar-refractivity contribution in [2.75, 3.05) is 0 Å². The van der Waals surface area contributed by atoms with Crippen molar-refractivity contribution in [1.29, 1.82) is 0 Å². The molecule has 0 aliphatic heterocycles. The Kier molecular flexibility index (Phi) is 3.24. The maximum atomic E-state index is 12.6. The van der Waals surface area contributed by atoms with Crippen LogP contribution in [0.25, 0.3) is 11.6 Å². The molecule has 0 spiro atoms. The van der Waals surface area contributed by atoms with E-state index >= 15 is 0 Å². The second-order valence-electron chi connectivity index (χ2n) is 5.48. The highest BCUT2D eigenvalue weighted by Gasteiger charge is 2.35. The van der Waals surface area contributed by atoms with Gasteiger partial charge in [-0.1, -0.05) is 12.1 Å². The second kappa shape index (κ2) is 4.51. The summed E-state index contributed by atoms with van der Waals surface area (Å²) in [5.41, 5.74) is 9.21. The molecule has 0 saturated carbocycles. The Morgan fingerprint density at radius 2 is 1.80 bits per heavy atom. The molecule has 0 saturated heterocycles. The molecule has 1 aliphatic carbocycles. The number of sulfone groups is 1. The first-order chi connectivity index (χ1) is 9.20. The summed E-state index contributed by atoms with van der Waals surface area (Å²) >= 11 is 0. The zero-order valence-corrected chi connectivity index (χ0v) is 12.2. The average molecular weight is 290 g/mol. The number of benzene rings is 1. The van der Waals surface area contributed by atoms with Crippen molar-refractivity contribution in [1.82, 2.24) is 0 Å². The number of hydrogen-bond donors (Lipinski definition) is 0. The highest BCUT2D eigenvalue weighted by atomic mass is 32.2. The first kappa shape index (κ1) is 14.4. The van der Waals surface area contributed by atoms with E-state index in [0.29, 0.717) is 5.56 Å². The van der Waals surface area contributed by atoms with Gasteiger partial charge >= 0.3 is 5.71 Å². The first-order valence-electron chi connectivity index (χ1n) is 6.02. The predicted octanol–water partition coefficient (Wildman–Crippen LogP) is 2.14. The molecule has 1 aromatic rings. The van der Waals surface area contributed by atoms with Crippen molar-refractivity contribution in [3.05, 3.63) is 40.9 Å². The fourth-order valence-corrected chi connectivity index (χ4v) is 3.32. The zero-order chi connectivity index (χ0) is 15.1. The maximum Gasteiger partial charge on any atom is 0.362 e. The van der Waals surface area contributed by atoms with Crippen LogP contribution in [0, 0.1) is 0 Å². The van der Waals surface area contributed by atoms with Gasteiger partial charge in [0.15, 0.2) is 9.84 Å². The number of carbonyl (C=O) groups excluding carboxylic acids is 1. The number of fused-ring (bicyclic) bond motifs is 1. The monoisotopic (exact) mass is 290 g/mol. The lowest BCUT2D eigenvalue weighted by atomic mass is 9.95. The third kappa shape index (κ3) is 2.03. The number of allylic oxidation sites excluding steroid dienone is 1. The van der Waals surface area contributed by atoms with Crippen LogP contribution >= 0.6 is 0 Å². The summed E-state index contributed by atoms with van der Waals surface area (Å²) in [7, 11) is -3.57. The number of carbonyl (C=O) groups is 1. The summed E-state index contributed by atoms with van der Waals surface area (Å²) in [6.07, 6.45) is 2.80. The molecule has 0 amide bonds. The van der Waals surface area contributed by atoms with Gasteiger partial charge in [0.1, 0.15) is 0 Å². The van der Waals surface area contributed by atoms with E-state index in [0.717, 1.165) is 0 Å². The van der Waals surface area contributed by atoms with Crippen molar-refractivity contribution >= 4 is 27.4 Å². The fraction of sp³-hybridized carbons (Fsp3) is 0.286. The molecular formula is C14H14N2O3S. The van der Waals surface area contributed by atoms with Gasteiger partial charge in [-0.15, -0.1) is 0 Å². The van der Waals surface area contributed by atoms with Gasteiger partial charge in [0, 0.05) is 17.2 Å². The predicted molar refractivity (Wildman–Crippen MR) is 75.4 cm³/mol. The van der Waals surface area contributed by atoms with Crippen molar-refractivity contribution in [3.8, 4) is 0 Å². The molecule has 0 radical (unpaired) electrons.